The highest BCUT2D eigenvalue weighted by Gasteiger charge is 2.16. The number of likely N-dealkylation sites (N-methyl/N-ethyl adjacent to an activating group) is 1. The molecule has 0 saturated heterocycles. The van der Waals surface area contributed by atoms with Crippen LogP contribution >= 0.6 is 11.8 Å². The number of thioether (sulfide) groups is 1. The van der Waals surface area contributed by atoms with Gasteiger partial charge in [0, 0.05) is 22.9 Å². The zero-order chi connectivity index (χ0) is 12.3. The van der Waals surface area contributed by atoms with E-state index >= 15 is 0 Å². The summed E-state index contributed by atoms with van der Waals surface area (Å²) in [7, 11) is 1.67. The Hall–Kier alpha value is -1.20. The van der Waals surface area contributed by atoms with Gasteiger partial charge in [-0.25, -0.2) is 0 Å². The number of aliphatic carboxylic acids is 1. The van der Waals surface area contributed by atoms with E-state index in [1.165, 1.54) is 4.90 Å². The molecule has 2 rings (SSSR count). The maximum absolute atomic E-state index is 10.9. The van der Waals surface area contributed by atoms with Gasteiger partial charge in [0.05, 0.1) is 0 Å². The summed E-state index contributed by atoms with van der Waals surface area (Å²) < 4.78 is 0. The van der Waals surface area contributed by atoms with Crippen LogP contribution in [0.1, 0.15) is 5.56 Å². The van der Waals surface area contributed by atoms with Gasteiger partial charge in [0.2, 0.25) is 0 Å². The van der Waals surface area contributed by atoms with Crippen molar-refractivity contribution < 1.29 is 9.90 Å². The van der Waals surface area contributed by atoms with Crippen molar-refractivity contribution in [1.29, 1.82) is 0 Å². The monoisotopic (exact) mass is 252 g/mol. The molecule has 1 aliphatic rings. The number of rotatable bonds is 4. The molecule has 0 fully saturated rings. The largest absolute Gasteiger partial charge is 0.480 e. The third kappa shape index (κ3) is 2.92. The van der Waals surface area contributed by atoms with Gasteiger partial charge < -0.3 is 15.7 Å². The van der Waals surface area contributed by atoms with Crippen LogP contribution in [0.2, 0.25) is 0 Å². The lowest BCUT2D eigenvalue weighted by molar-refractivity contribution is -0.139. The van der Waals surface area contributed by atoms with E-state index < -0.39 is 12.0 Å². The number of hydrogen-bond acceptors (Lipinski definition) is 4. The molecule has 1 aromatic rings. The standard InChI is InChI=1S/C12H16N2O2S/c1-13-10(12(15)16)6-8-2-3-9-11(7-8)17-5-4-14-9/h2-3,7,10,13-14H,4-6H2,1H3,(H,15,16). The number of benzene rings is 1. The second-order valence-electron chi connectivity index (χ2n) is 3.99. The fourth-order valence-electron chi connectivity index (χ4n) is 1.85. The third-order valence-corrected chi connectivity index (χ3v) is 3.86. The molecule has 0 aliphatic carbocycles. The molecule has 3 N–H and O–H groups in total. The van der Waals surface area contributed by atoms with Crippen LogP contribution in [-0.4, -0.2) is 36.5 Å². The molecule has 0 radical (unpaired) electrons. The first-order valence-electron chi connectivity index (χ1n) is 5.60. The van der Waals surface area contributed by atoms with E-state index in [1.807, 2.05) is 23.9 Å². The van der Waals surface area contributed by atoms with E-state index in [2.05, 4.69) is 16.7 Å². The second-order valence-corrected chi connectivity index (χ2v) is 5.13. The summed E-state index contributed by atoms with van der Waals surface area (Å²) in [4.78, 5) is 12.2. The predicted octanol–water partition coefficient (Wildman–Crippen LogP) is 1.42. The number of carboxylic acids is 1. The minimum absolute atomic E-state index is 0.514. The lowest BCUT2D eigenvalue weighted by atomic mass is 10.1. The van der Waals surface area contributed by atoms with E-state index in [9.17, 15) is 4.79 Å². The summed E-state index contributed by atoms with van der Waals surface area (Å²) in [6.45, 7) is 0.991. The van der Waals surface area contributed by atoms with Crippen LogP contribution < -0.4 is 10.6 Å². The summed E-state index contributed by atoms with van der Waals surface area (Å²) in [5.41, 5.74) is 2.21. The van der Waals surface area contributed by atoms with Gasteiger partial charge in [-0.2, -0.15) is 0 Å². The minimum Gasteiger partial charge on any atom is -0.480 e. The topological polar surface area (TPSA) is 61.4 Å². The fraction of sp³-hybridized carbons (Fsp3) is 0.417. The van der Waals surface area contributed by atoms with Gasteiger partial charge in [0.25, 0.3) is 0 Å². The molecule has 17 heavy (non-hydrogen) atoms. The van der Waals surface area contributed by atoms with Crippen molar-refractivity contribution in [2.24, 2.45) is 0 Å². The van der Waals surface area contributed by atoms with Crippen LogP contribution in [-0.2, 0) is 11.2 Å². The van der Waals surface area contributed by atoms with Crippen molar-refractivity contribution in [3.8, 4) is 0 Å². The minimum atomic E-state index is -0.809. The van der Waals surface area contributed by atoms with Crippen molar-refractivity contribution >= 4 is 23.4 Å². The highest BCUT2D eigenvalue weighted by molar-refractivity contribution is 7.99. The predicted molar refractivity (Wildman–Crippen MR) is 69.8 cm³/mol. The van der Waals surface area contributed by atoms with Crippen molar-refractivity contribution in [1.82, 2.24) is 5.32 Å². The SMILES string of the molecule is CNC(Cc1ccc2c(c1)SCCN2)C(=O)O. The van der Waals surface area contributed by atoms with Gasteiger partial charge in [-0.1, -0.05) is 6.07 Å². The number of fused-ring (bicyclic) bond motifs is 1. The number of nitrogens with one attached hydrogen (secondary N) is 2. The quantitative estimate of drug-likeness (QED) is 0.756. The first kappa shape index (κ1) is 12.3. The molecule has 0 bridgehead atoms. The molecular formula is C12H16N2O2S. The molecule has 1 aromatic carbocycles. The first-order valence-corrected chi connectivity index (χ1v) is 6.59. The van der Waals surface area contributed by atoms with E-state index in [0.29, 0.717) is 6.42 Å². The fourth-order valence-corrected chi connectivity index (χ4v) is 2.81. The van der Waals surface area contributed by atoms with Crippen LogP contribution in [0.25, 0.3) is 0 Å². The molecule has 4 nitrogen and oxygen atoms in total. The van der Waals surface area contributed by atoms with Crippen LogP contribution in [0.4, 0.5) is 5.69 Å². The molecule has 1 heterocycles. The lowest BCUT2D eigenvalue weighted by Crippen LogP contribution is -2.35. The van der Waals surface area contributed by atoms with Gasteiger partial charge in [-0.05, 0) is 31.2 Å². The number of carbonyl (C=O) groups is 1. The van der Waals surface area contributed by atoms with Crippen molar-refractivity contribution in [2.45, 2.75) is 17.4 Å². The maximum atomic E-state index is 10.9. The smallest absolute Gasteiger partial charge is 0.321 e. The Labute approximate surface area is 105 Å². The maximum Gasteiger partial charge on any atom is 0.321 e. The molecule has 0 aromatic heterocycles. The molecule has 1 atom stereocenters. The van der Waals surface area contributed by atoms with Gasteiger partial charge in [-0.3, -0.25) is 4.79 Å². The number of hydrogen-bond donors (Lipinski definition) is 3. The van der Waals surface area contributed by atoms with Crippen LogP contribution in [0, 0.1) is 0 Å². The van der Waals surface area contributed by atoms with E-state index in [4.69, 9.17) is 5.11 Å². The van der Waals surface area contributed by atoms with Gasteiger partial charge in [0.1, 0.15) is 6.04 Å². The Morgan fingerprint density at radius 3 is 3.18 bits per heavy atom. The number of carboxylic acid groups (broad SMARTS) is 1. The summed E-state index contributed by atoms with van der Waals surface area (Å²) >= 11 is 1.82. The van der Waals surface area contributed by atoms with E-state index in [0.717, 1.165) is 23.5 Å². The molecule has 0 amide bonds. The molecule has 0 spiro atoms. The number of anilines is 1. The highest BCUT2D eigenvalue weighted by Crippen LogP contribution is 2.31. The summed E-state index contributed by atoms with van der Waals surface area (Å²) in [6, 6.07) is 5.59. The average molecular weight is 252 g/mol. The molecule has 92 valence electrons. The Morgan fingerprint density at radius 1 is 1.65 bits per heavy atom. The van der Waals surface area contributed by atoms with Crippen molar-refractivity contribution in [3.05, 3.63) is 23.8 Å². The average Bonchev–Trinajstić information content (AvgIpc) is 2.35. The lowest BCUT2D eigenvalue weighted by Gasteiger charge is -2.19. The molecule has 1 unspecified atom stereocenters. The van der Waals surface area contributed by atoms with Crippen LogP contribution in [0.3, 0.4) is 0 Å². The second kappa shape index (κ2) is 5.42. The molecular weight excluding hydrogens is 236 g/mol. The highest BCUT2D eigenvalue weighted by atomic mass is 32.2. The summed E-state index contributed by atoms with van der Waals surface area (Å²) in [5, 5.41) is 15.1. The Balaban J connectivity index is 2.14. The summed E-state index contributed by atoms with van der Waals surface area (Å²) in [5.74, 6) is 0.251. The Kier molecular flexibility index (Phi) is 3.91. The molecule has 1 aliphatic heterocycles. The Bertz CT molecular complexity index is 423. The van der Waals surface area contributed by atoms with Crippen LogP contribution in [0.15, 0.2) is 23.1 Å². The van der Waals surface area contributed by atoms with E-state index in [1.54, 1.807) is 7.05 Å². The Morgan fingerprint density at radius 2 is 2.47 bits per heavy atom. The van der Waals surface area contributed by atoms with Gasteiger partial charge >= 0.3 is 5.97 Å². The van der Waals surface area contributed by atoms with Crippen molar-refractivity contribution in [3.63, 3.8) is 0 Å². The van der Waals surface area contributed by atoms with Gasteiger partial charge in [0.15, 0.2) is 0 Å². The zero-order valence-corrected chi connectivity index (χ0v) is 10.5. The van der Waals surface area contributed by atoms with E-state index in [-0.39, 0.29) is 0 Å². The summed E-state index contributed by atoms with van der Waals surface area (Å²) in [6.07, 6.45) is 0.514. The normalized spacial score (nSPS) is 15.8. The third-order valence-electron chi connectivity index (χ3n) is 2.81. The van der Waals surface area contributed by atoms with Crippen LogP contribution in [0.5, 0.6) is 0 Å². The van der Waals surface area contributed by atoms with Crippen molar-refractivity contribution in [2.75, 3.05) is 24.7 Å². The molecule has 5 heteroatoms. The zero-order valence-electron chi connectivity index (χ0n) is 9.69. The van der Waals surface area contributed by atoms with Gasteiger partial charge in [-0.15, -0.1) is 11.8 Å². The first-order chi connectivity index (χ1) is 8.20. The molecule has 0 saturated carbocycles.